The van der Waals surface area contributed by atoms with E-state index in [2.05, 4.69) is 24.5 Å². The molecule has 1 aromatic carbocycles. The maximum absolute atomic E-state index is 12.1. The van der Waals surface area contributed by atoms with E-state index >= 15 is 0 Å². The number of hydrogen-bond donors (Lipinski definition) is 2. The van der Waals surface area contributed by atoms with Crippen LogP contribution in [0.2, 0.25) is 0 Å². The molecule has 1 amide bonds. The van der Waals surface area contributed by atoms with E-state index in [0.29, 0.717) is 18.4 Å². The van der Waals surface area contributed by atoms with Gasteiger partial charge in [0, 0.05) is 24.2 Å². The molecule has 122 valence electrons. The van der Waals surface area contributed by atoms with E-state index < -0.39 is 0 Å². The molecule has 0 spiro atoms. The van der Waals surface area contributed by atoms with Crippen molar-refractivity contribution in [3.8, 4) is 5.75 Å². The zero-order valence-corrected chi connectivity index (χ0v) is 13.9. The van der Waals surface area contributed by atoms with Crippen molar-refractivity contribution in [2.45, 2.75) is 58.0 Å². The summed E-state index contributed by atoms with van der Waals surface area (Å²) in [5.74, 6) is 1.55. The van der Waals surface area contributed by atoms with Gasteiger partial charge in [-0.1, -0.05) is 19.8 Å². The van der Waals surface area contributed by atoms with E-state index in [4.69, 9.17) is 4.74 Å². The molecule has 1 saturated carbocycles. The number of rotatable bonds is 6. The highest BCUT2D eigenvalue weighted by Crippen LogP contribution is 2.24. The van der Waals surface area contributed by atoms with Crippen molar-refractivity contribution in [3.63, 3.8) is 0 Å². The summed E-state index contributed by atoms with van der Waals surface area (Å²) in [4.78, 5) is 12.1. The molecule has 1 aliphatic rings. The zero-order valence-electron chi connectivity index (χ0n) is 13.9. The molecule has 2 rings (SSSR count). The quantitative estimate of drug-likeness (QED) is 0.844. The molecule has 22 heavy (non-hydrogen) atoms. The predicted molar refractivity (Wildman–Crippen MR) is 90.3 cm³/mol. The first-order valence-electron chi connectivity index (χ1n) is 8.28. The molecule has 1 aromatic rings. The SMILES string of the molecule is COc1ccc(NC(=O)C[C@H](C)N[C@@H]2CCCC[C@H]2C)cc1. The van der Waals surface area contributed by atoms with Gasteiger partial charge in [-0.25, -0.2) is 0 Å². The Morgan fingerprint density at radius 3 is 2.59 bits per heavy atom. The number of ether oxygens (including phenoxy) is 1. The second-order valence-electron chi connectivity index (χ2n) is 6.42. The smallest absolute Gasteiger partial charge is 0.225 e. The van der Waals surface area contributed by atoms with Crippen LogP contribution in [0.5, 0.6) is 5.75 Å². The Morgan fingerprint density at radius 2 is 1.95 bits per heavy atom. The van der Waals surface area contributed by atoms with Crippen LogP contribution < -0.4 is 15.4 Å². The third-order valence-electron chi connectivity index (χ3n) is 4.48. The van der Waals surface area contributed by atoms with Crippen molar-refractivity contribution in [1.82, 2.24) is 5.32 Å². The van der Waals surface area contributed by atoms with Crippen molar-refractivity contribution in [2.75, 3.05) is 12.4 Å². The zero-order chi connectivity index (χ0) is 15.9. The fourth-order valence-electron chi connectivity index (χ4n) is 3.15. The summed E-state index contributed by atoms with van der Waals surface area (Å²) in [7, 11) is 1.63. The maximum atomic E-state index is 12.1. The van der Waals surface area contributed by atoms with Crippen molar-refractivity contribution < 1.29 is 9.53 Å². The highest BCUT2D eigenvalue weighted by atomic mass is 16.5. The van der Waals surface area contributed by atoms with Gasteiger partial charge in [0.15, 0.2) is 0 Å². The van der Waals surface area contributed by atoms with Crippen molar-refractivity contribution >= 4 is 11.6 Å². The standard InChI is InChI=1S/C18H28N2O2/c1-13-6-4-5-7-17(13)19-14(2)12-18(21)20-15-8-10-16(22-3)11-9-15/h8-11,13-14,17,19H,4-7,12H2,1-3H3,(H,20,21)/t13-,14+,17-/m1/s1. The van der Waals surface area contributed by atoms with Crippen LogP contribution in [0.4, 0.5) is 5.69 Å². The molecule has 0 saturated heterocycles. The molecule has 3 atom stereocenters. The first kappa shape index (κ1) is 16.8. The summed E-state index contributed by atoms with van der Waals surface area (Å²) in [6.07, 6.45) is 5.65. The number of benzene rings is 1. The lowest BCUT2D eigenvalue weighted by Gasteiger charge is -2.32. The van der Waals surface area contributed by atoms with Gasteiger partial charge in [0.2, 0.25) is 5.91 Å². The molecule has 0 heterocycles. The third kappa shape index (κ3) is 5.02. The first-order valence-corrected chi connectivity index (χ1v) is 8.28. The third-order valence-corrected chi connectivity index (χ3v) is 4.48. The molecule has 2 N–H and O–H groups in total. The molecule has 1 fully saturated rings. The Balaban J connectivity index is 1.77. The minimum atomic E-state index is 0.0497. The number of carbonyl (C=O) groups excluding carboxylic acids is 1. The first-order chi connectivity index (χ1) is 10.6. The lowest BCUT2D eigenvalue weighted by atomic mass is 9.85. The van der Waals surface area contributed by atoms with Crippen molar-refractivity contribution in [1.29, 1.82) is 0 Å². The predicted octanol–water partition coefficient (Wildman–Crippen LogP) is 3.58. The molecule has 0 radical (unpaired) electrons. The van der Waals surface area contributed by atoms with Crippen LogP contribution in [0, 0.1) is 5.92 Å². The lowest BCUT2D eigenvalue weighted by molar-refractivity contribution is -0.116. The Hall–Kier alpha value is -1.55. The summed E-state index contributed by atoms with van der Waals surface area (Å²) >= 11 is 0. The lowest BCUT2D eigenvalue weighted by Crippen LogP contribution is -2.43. The van der Waals surface area contributed by atoms with Crippen LogP contribution >= 0.6 is 0 Å². The van der Waals surface area contributed by atoms with Gasteiger partial charge in [-0.2, -0.15) is 0 Å². The van der Waals surface area contributed by atoms with Gasteiger partial charge in [0.05, 0.1) is 7.11 Å². The number of hydrogen-bond acceptors (Lipinski definition) is 3. The summed E-state index contributed by atoms with van der Waals surface area (Å²) in [5.41, 5.74) is 0.809. The molecule has 0 bridgehead atoms. The fourth-order valence-corrected chi connectivity index (χ4v) is 3.15. The van der Waals surface area contributed by atoms with Gasteiger partial charge in [-0.15, -0.1) is 0 Å². The highest BCUT2D eigenvalue weighted by Gasteiger charge is 2.23. The molecule has 1 aliphatic carbocycles. The highest BCUT2D eigenvalue weighted by molar-refractivity contribution is 5.91. The average Bonchev–Trinajstić information content (AvgIpc) is 2.50. The monoisotopic (exact) mass is 304 g/mol. The van der Waals surface area contributed by atoms with E-state index in [0.717, 1.165) is 11.4 Å². The number of anilines is 1. The molecule has 0 aliphatic heterocycles. The second-order valence-corrected chi connectivity index (χ2v) is 6.42. The Labute approximate surface area is 133 Å². The van der Waals surface area contributed by atoms with Crippen molar-refractivity contribution in [2.24, 2.45) is 5.92 Å². The van der Waals surface area contributed by atoms with Crippen LogP contribution in [-0.4, -0.2) is 25.1 Å². The minimum Gasteiger partial charge on any atom is -0.497 e. The molecular weight excluding hydrogens is 276 g/mol. The Morgan fingerprint density at radius 1 is 1.27 bits per heavy atom. The van der Waals surface area contributed by atoms with Gasteiger partial charge in [-0.3, -0.25) is 4.79 Å². The van der Waals surface area contributed by atoms with Crippen molar-refractivity contribution in [3.05, 3.63) is 24.3 Å². The average molecular weight is 304 g/mol. The fraction of sp³-hybridized carbons (Fsp3) is 0.611. The topological polar surface area (TPSA) is 50.4 Å². The Bertz CT molecular complexity index is 472. The van der Waals surface area contributed by atoms with Gasteiger partial charge >= 0.3 is 0 Å². The van der Waals surface area contributed by atoms with Gasteiger partial charge in [-0.05, 0) is 49.9 Å². The van der Waals surface area contributed by atoms with Crippen LogP contribution in [0.25, 0.3) is 0 Å². The minimum absolute atomic E-state index is 0.0497. The van der Waals surface area contributed by atoms with Crippen LogP contribution in [0.3, 0.4) is 0 Å². The van der Waals surface area contributed by atoms with Crippen LogP contribution in [-0.2, 0) is 4.79 Å². The molecule has 4 heteroatoms. The van der Waals surface area contributed by atoms with Crippen LogP contribution in [0.1, 0.15) is 46.0 Å². The van der Waals surface area contributed by atoms with E-state index in [-0.39, 0.29) is 11.9 Å². The normalized spacial score (nSPS) is 22.9. The van der Waals surface area contributed by atoms with E-state index in [1.54, 1.807) is 7.11 Å². The number of carbonyl (C=O) groups is 1. The maximum Gasteiger partial charge on any atom is 0.225 e. The van der Waals surface area contributed by atoms with Gasteiger partial charge < -0.3 is 15.4 Å². The largest absolute Gasteiger partial charge is 0.497 e. The molecule has 0 unspecified atom stereocenters. The van der Waals surface area contributed by atoms with E-state index in [1.807, 2.05) is 24.3 Å². The summed E-state index contributed by atoms with van der Waals surface area (Å²) in [6.45, 7) is 4.40. The summed E-state index contributed by atoms with van der Waals surface area (Å²) in [5, 5.41) is 6.56. The second kappa shape index (κ2) is 8.18. The summed E-state index contributed by atoms with van der Waals surface area (Å²) in [6, 6.07) is 8.17. The number of nitrogens with one attached hydrogen (secondary N) is 2. The molecule has 0 aromatic heterocycles. The number of methoxy groups -OCH3 is 1. The van der Waals surface area contributed by atoms with E-state index in [9.17, 15) is 4.79 Å². The summed E-state index contributed by atoms with van der Waals surface area (Å²) < 4.78 is 5.11. The Kier molecular flexibility index (Phi) is 6.25. The van der Waals surface area contributed by atoms with Gasteiger partial charge in [0.25, 0.3) is 0 Å². The van der Waals surface area contributed by atoms with Gasteiger partial charge in [0.1, 0.15) is 5.75 Å². The number of amides is 1. The molecule has 4 nitrogen and oxygen atoms in total. The molecular formula is C18H28N2O2. The van der Waals surface area contributed by atoms with E-state index in [1.165, 1.54) is 25.7 Å². The van der Waals surface area contributed by atoms with Crippen LogP contribution in [0.15, 0.2) is 24.3 Å².